The summed E-state index contributed by atoms with van der Waals surface area (Å²) in [6, 6.07) is 4.20. The number of rotatable bonds is 4. The van der Waals surface area contributed by atoms with Crippen molar-refractivity contribution in [2.75, 3.05) is 32.0 Å². The average molecular weight is 224 g/mol. The molecule has 4 heteroatoms. The maximum absolute atomic E-state index is 12.9. The maximum Gasteiger partial charge on any atom is 0.145 e. The summed E-state index contributed by atoms with van der Waals surface area (Å²) in [7, 11) is 0. The predicted molar refractivity (Wildman–Crippen MR) is 62.0 cm³/mol. The molecule has 0 aliphatic carbocycles. The van der Waals surface area contributed by atoms with E-state index < -0.39 is 0 Å². The summed E-state index contributed by atoms with van der Waals surface area (Å²) >= 11 is 0. The Morgan fingerprint density at radius 3 is 2.81 bits per heavy atom. The molecular formula is C12H17FN2O. The van der Waals surface area contributed by atoms with Gasteiger partial charge in [0.05, 0.1) is 5.69 Å². The molecule has 2 N–H and O–H groups in total. The Morgan fingerprint density at radius 2 is 2.06 bits per heavy atom. The number of likely N-dealkylation sites (tertiary alicyclic amines) is 1. The monoisotopic (exact) mass is 224 g/mol. The first-order valence-electron chi connectivity index (χ1n) is 5.66. The first-order valence-corrected chi connectivity index (χ1v) is 5.66. The number of nitrogens with zero attached hydrogens (tertiary/aromatic N) is 1. The lowest BCUT2D eigenvalue weighted by Crippen LogP contribution is -2.25. The average Bonchev–Trinajstić information content (AvgIpc) is 2.76. The number of nitrogens with two attached hydrogens (primary N) is 1. The van der Waals surface area contributed by atoms with Crippen molar-refractivity contribution in [2.45, 2.75) is 12.8 Å². The van der Waals surface area contributed by atoms with E-state index in [1.807, 2.05) is 0 Å². The topological polar surface area (TPSA) is 38.5 Å². The summed E-state index contributed by atoms with van der Waals surface area (Å²) in [5, 5.41) is 0. The van der Waals surface area contributed by atoms with E-state index in [1.165, 1.54) is 31.0 Å². The summed E-state index contributed by atoms with van der Waals surface area (Å²) in [5.74, 6) is 0.129. The molecule has 1 aliphatic rings. The standard InChI is InChI=1S/C12H17FN2O/c13-10-3-4-11(14)12(9-10)16-8-7-15-5-1-2-6-15/h3-4,9H,1-2,5-8,14H2. The van der Waals surface area contributed by atoms with Gasteiger partial charge in [0.2, 0.25) is 0 Å². The van der Waals surface area contributed by atoms with E-state index in [4.69, 9.17) is 10.5 Å². The van der Waals surface area contributed by atoms with E-state index in [-0.39, 0.29) is 5.82 Å². The molecule has 1 aromatic rings. The summed E-state index contributed by atoms with van der Waals surface area (Å²) in [5.41, 5.74) is 6.17. The quantitative estimate of drug-likeness (QED) is 0.794. The van der Waals surface area contributed by atoms with Crippen LogP contribution in [0.15, 0.2) is 18.2 Å². The highest BCUT2D eigenvalue weighted by molar-refractivity contribution is 5.52. The molecule has 1 aromatic carbocycles. The van der Waals surface area contributed by atoms with Crippen molar-refractivity contribution >= 4 is 5.69 Å². The molecule has 0 unspecified atom stereocenters. The third-order valence-corrected chi connectivity index (χ3v) is 2.84. The van der Waals surface area contributed by atoms with Gasteiger partial charge in [0.15, 0.2) is 0 Å². The summed E-state index contributed by atoms with van der Waals surface area (Å²) in [6.07, 6.45) is 2.53. The van der Waals surface area contributed by atoms with Crippen molar-refractivity contribution in [3.8, 4) is 5.75 Å². The van der Waals surface area contributed by atoms with Gasteiger partial charge in [-0.05, 0) is 38.1 Å². The molecule has 1 fully saturated rings. The molecule has 1 heterocycles. The van der Waals surface area contributed by atoms with E-state index in [2.05, 4.69) is 4.90 Å². The Balaban J connectivity index is 1.82. The SMILES string of the molecule is Nc1ccc(F)cc1OCCN1CCCC1. The van der Waals surface area contributed by atoms with Gasteiger partial charge in [-0.15, -0.1) is 0 Å². The van der Waals surface area contributed by atoms with Crippen LogP contribution in [0.4, 0.5) is 10.1 Å². The fourth-order valence-electron chi connectivity index (χ4n) is 1.92. The molecule has 0 amide bonds. The predicted octanol–water partition coefficient (Wildman–Crippen LogP) is 1.88. The van der Waals surface area contributed by atoms with Crippen LogP contribution in [0, 0.1) is 5.82 Å². The number of nitrogen functional groups attached to an aromatic ring is 1. The molecule has 1 aliphatic heterocycles. The van der Waals surface area contributed by atoms with Crippen molar-refractivity contribution in [2.24, 2.45) is 0 Å². The number of hydrogen-bond acceptors (Lipinski definition) is 3. The van der Waals surface area contributed by atoms with Crippen LogP contribution < -0.4 is 10.5 Å². The summed E-state index contributed by atoms with van der Waals surface area (Å²) in [6.45, 7) is 3.73. The molecule has 2 rings (SSSR count). The Labute approximate surface area is 95.0 Å². The molecule has 3 nitrogen and oxygen atoms in total. The highest BCUT2D eigenvalue weighted by Crippen LogP contribution is 2.21. The number of halogens is 1. The summed E-state index contributed by atoms with van der Waals surface area (Å²) < 4.78 is 18.4. The number of ether oxygens (including phenoxy) is 1. The first kappa shape index (κ1) is 11.2. The highest BCUT2D eigenvalue weighted by Gasteiger charge is 2.11. The lowest BCUT2D eigenvalue weighted by Gasteiger charge is -2.15. The molecule has 1 saturated heterocycles. The van der Waals surface area contributed by atoms with Gasteiger partial charge in [-0.2, -0.15) is 0 Å². The van der Waals surface area contributed by atoms with Crippen LogP contribution in [-0.4, -0.2) is 31.1 Å². The zero-order valence-corrected chi connectivity index (χ0v) is 9.29. The number of anilines is 1. The molecule has 16 heavy (non-hydrogen) atoms. The summed E-state index contributed by atoms with van der Waals surface area (Å²) in [4.78, 5) is 2.34. The van der Waals surface area contributed by atoms with Gasteiger partial charge in [0.1, 0.15) is 18.2 Å². The molecule has 0 atom stereocenters. The first-order chi connectivity index (χ1) is 7.75. The normalized spacial score (nSPS) is 16.6. The van der Waals surface area contributed by atoms with E-state index in [0.29, 0.717) is 18.0 Å². The van der Waals surface area contributed by atoms with Crippen LogP contribution in [0.1, 0.15) is 12.8 Å². The fourth-order valence-corrected chi connectivity index (χ4v) is 1.92. The second-order valence-electron chi connectivity index (χ2n) is 4.08. The van der Waals surface area contributed by atoms with E-state index in [0.717, 1.165) is 19.6 Å². The number of benzene rings is 1. The maximum atomic E-state index is 12.9. The van der Waals surface area contributed by atoms with Crippen LogP contribution in [-0.2, 0) is 0 Å². The second kappa shape index (κ2) is 5.16. The Bertz CT molecular complexity index is 351. The molecule has 0 spiro atoms. The molecule has 0 aromatic heterocycles. The van der Waals surface area contributed by atoms with Crippen LogP contribution in [0.3, 0.4) is 0 Å². The van der Waals surface area contributed by atoms with E-state index in [9.17, 15) is 4.39 Å². The lowest BCUT2D eigenvalue weighted by molar-refractivity contribution is 0.238. The largest absolute Gasteiger partial charge is 0.490 e. The molecule has 88 valence electrons. The van der Waals surface area contributed by atoms with Crippen LogP contribution in [0.5, 0.6) is 5.75 Å². The molecule has 0 bridgehead atoms. The van der Waals surface area contributed by atoms with E-state index in [1.54, 1.807) is 0 Å². The minimum atomic E-state index is -0.314. The fraction of sp³-hybridized carbons (Fsp3) is 0.500. The van der Waals surface area contributed by atoms with Crippen LogP contribution in [0.25, 0.3) is 0 Å². The third kappa shape index (κ3) is 2.85. The van der Waals surface area contributed by atoms with Crippen molar-refractivity contribution < 1.29 is 9.13 Å². The smallest absolute Gasteiger partial charge is 0.145 e. The second-order valence-corrected chi connectivity index (χ2v) is 4.08. The third-order valence-electron chi connectivity index (χ3n) is 2.84. The van der Waals surface area contributed by atoms with Gasteiger partial charge in [-0.1, -0.05) is 0 Å². The Morgan fingerprint density at radius 1 is 1.31 bits per heavy atom. The van der Waals surface area contributed by atoms with Gasteiger partial charge in [-0.3, -0.25) is 4.90 Å². The lowest BCUT2D eigenvalue weighted by atomic mass is 10.3. The van der Waals surface area contributed by atoms with Crippen LogP contribution in [0.2, 0.25) is 0 Å². The van der Waals surface area contributed by atoms with Gasteiger partial charge in [0, 0.05) is 12.6 Å². The molecular weight excluding hydrogens is 207 g/mol. The molecule has 0 saturated carbocycles. The van der Waals surface area contributed by atoms with Crippen molar-refractivity contribution in [1.29, 1.82) is 0 Å². The van der Waals surface area contributed by atoms with Gasteiger partial charge >= 0.3 is 0 Å². The Hall–Kier alpha value is -1.29. The zero-order chi connectivity index (χ0) is 11.4. The van der Waals surface area contributed by atoms with E-state index >= 15 is 0 Å². The zero-order valence-electron chi connectivity index (χ0n) is 9.29. The van der Waals surface area contributed by atoms with Crippen molar-refractivity contribution in [3.63, 3.8) is 0 Å². The molecule has 0 radical (unpaired) electrons. The number of hydrogen-bond donors (Lipinski definition) is 1. The minimum Gasteiger partial charge on any atom is -0.490 e. The highest BCUT2D eigenvalue weighted by atomic mass is 19.1. The Kier molecular flexibility index (Phi) is 3.62. The van der Waals surface area contributed by atoms with Gasteiger partial charge < -0.3 is 10.5 Å². The van der Waals surface area contributed by atoms with Crippen LogP contribution >= 0.6 is 0 Å². The van der Waals surface area contributed by atoms with Gasteiger partial charge in [0.25, 0.3) is 0 Å². The minimum absolute atomic E-state index is 0.314. The van der Waals surface area contributed by atoms with Gasteiger partial charge in [-0.25, -0.2) is 4.39 Å². The van der Waals surface area contributed by atoms with Crippen molar-refractivity contribution in [1.82, 2.24) is 4.90 Å². The van der Waals surface area contributed by atoms with Crippen molar-refractivity contribution in [3.05, 3.63) is 24.0 Å².